The number of benzene rings is 6. The molecule has 0 saturated heterocycles. The molecule has 0 saturated carbocycles. The van der Waals surface area contributed by atoms with Crippen LogP contribution in [-0.4, -0.2) is 4.98 Å². The van der Waals surface area contributed by atoms with Crippen LogP contribution in [-0.2, 0) is 5.41 Å². The minimum atomic E-state index is -0.456. The Kier molecular flexibility index (Phi) is 4.60. The Labute approximate surface area is 239 Å². The standard InChI is InChI=1S/C40H25N/c1-2-10-27(11-3-1)40(28-12-9-23-41-25-28)37-18-7-6-15-32(37)33-20-19-26(24-38(33)40)29-21-22-36-31-14-5-4-13-30(31)35-17-8-16-34(29)39(35)36/h1-25H. The van der Waals surface area contributed by atoms with Crippen molar-refractivity contribution >= 4 is 10.8 Å². The average Bonchev–Trinajstić information content (AvgIpc) is 3.54. The second-order valence-electron chi connectivity index (χ2n) is 11.1. The summed E-state index contributed by atoms with van der Waals surface area (Å²) in [5.74, 6) is 0. The molecule has 9 rings (SSSR count). The molecule has 0 bridgehead atoms. The molecule has 0 radical (unpaired) electrons. The van der Waals surface area contributed by atoms with E-state index in [4.69, 9.17) is 0 Å². The number of hydrogen-bond acceptors (Lipinski definition) is 1. The first-order chi connectivity index (χ1) is 20.4. The summed E-state index contributed by atoms with van der Waals surface area (Å²) in [4.78, 5) is 4.61. The van der Waals surface area contributed by atoms with E-state index in [2.05, 4.69) is 145 Å². The van der Waals surface area contributed by atoms with Gasteiger partial charge in [-0.05, 0) is 89.7 Å². The highest BCUT2D eigenvalue weighted by Gasteiger charge is 2.46. The van der Waals surface area contributed by atoms with E-state index in [1.807, 2.05) is 12.4 Å². The second-order valence-corrected chi connectivity index (χ2v) is 11.1. The first-order valence-corrected chi connectivity index (χ1v) is 14.2. The van der Waals surface area contributed by atoms with Crippen LogP contribution in [0.25, 0.3) is 55.3 Å². The number of hydrogen-bond donors (Lipinski definition) is 0. The first kappa shape index (κ1) is 22.5. The molecule has 41 heavy (non-hydrogen) atoms. The lowest BCUT2D eigenvalue weighted by Gasteiger charge is -2.33. The fraction of sp³-hybridized carbons (Fsp3) is 0.0250. The molecule has 0 N–H and O–H groups in total. The van der Waals surface area contributed by atoms with Crippen molar-refractivity contribution in [2.24, 2.45) is 0 Å². The Morgan fingerprint density at radius 3 is 1.85 bits per heavy atom. The van der Waals surface area contributed by atoms with Gasteiger partial charge >= 0.3 is 0 Å². The molecule has 1 atom stereocenters. The average molecular weight is 520 g/mol. The molecule has 1 heteroatoms. The lowest BCUT2D eigenvalue weighted by atomic mass is 9.68. The SMILES string of the molecule is c1ccc(C2(c3cccnc3)c3ccccc3-c3ccc(-c4ccc5c6c(cccc46)-c4ccccc4-5)cc32)cc1. The quantitative estimate of drug-likeness (QED) is 0.226. The van der Waals surface area contributed by atoms with Gasteiger partial charge in [0.2, 0.25) is 0 Å². The van der Waals surface area contributed by atoms with Crippen LogP contribution < -0.4 is 0 Å². The van der Waals surface area contributed by atoms with E-state index in [1.165, 1.54) is 77.5 Å². The van der Waals surface area contributed by atoms with E-state index in [9.17, 15) is 0 Å². The molecule has 0 spiro atoms. The maximum absolute atomic E-state index is 4.61. The first-order valence-electron chi connectivity index (χ1n) is 14.2. The van der Waals surface area contributed by atoms with Crippen molar-refractivity contribution in [2.45, 2.75) is 5.41 Å². The zero-order valence-electron chi connectivity index (χ0n) is 22.4. The second kappa shape index (κ2) is 8.36. The van der Waals surface area contributed by atoms with Crippen molar-refractivity contribution < 1.29 is 0 Å². The Hall–Kier alpha value is -5.27. The summed E-state index contributed by atoms with van der Waals surface area (Å²) >= 11 is 0. The van der Waals surface area contributed by atoms with Crippen molar-refractivity contribution in [1.82, 2.24) is 4.98 Å². The monoisotopic (exact) mass is 519 g/mol. The molecule has 190 valence electrons. The van der Waals surface area contributed by atoms with Gasteiger partial charge in [-0.3, -0.25) is 4.98 Å². The van der Waals surface area contributed by atoms with Crippen molar-refractivity contribution in [3.63, 3.8) is 0 Å². The smallest absolute Gasteiger partial charge is 0.0728 e. The summed E-state index contributed by atoms with van der Waals surface area (Å²) in [6.45, 7) is 0. The van der Waals surface area contributed by atoms with Gasteiger partial charge in [0.05, 0.1) is 5.41 Å². The molecule has 2 aliphatic rings. The molecule has 0 amide bonds. The summed E-state index contributed by atoms with van der Waals surface area (Å²) in [6, 6.07) is 51.4. The van der Waals surface area contributed by atoms with Crippen molar-refractivity contribution in [3.8, 4) is 44.5 Å². The van der Waals surface area contributed by atoms with Crippen LogP contribution in [0.3, 0.4) is 0 Å². The number of rotatable bonds is 3. The highest BCUT2D eigenvalue weighted by atomic mass is 14.6. The van der Waals surface area contributed by atoms with Crippen molar-refractivity contribution in [2.75, 3.05) is 0 Å². The predicted molar refractivity (Wildman–Crippen MR) is 169 cm³/mol. The summed E-state index contributed by atoms with van der Waals surface area (Å²) in [7, 11) is 0. The normalized spacial score (nSPS) is 15.9. The Balaban J connectivity index is 1.35. The van der Waals surface area contributed by atoms with Gasteiger partial charge in [-0.15, -0.1) is 0 Å². The summed E-state index contributed by atoms with van der Waals surface area (Å²) in [5.41, 5.74) is 15.0. The molecule has 1 nitrogen and oxygen atoms in total. The van der Waals surface area contributed by atoms with E-state index in [0.717, 1.165) is 0 Å². The van der Waals surface area contributed by atoms with Crippen LogP contribution in [0.4, 0.5) is 0 Å². The van der Waals surface area contributed by atoms with Crippen LogP contribution in [0.15, 0.2) is 152 Å². The maximum Gasteiger partial charge on any atom is 0.0728 e. The van der Waals surface area contributed by atoms with Gasteiger partial charge in [0.1, 0.15) is 0 Å². The summed E-state index contributed by atoms with van der Waals surface area (Å²) < 4.78 is 0. The third kappa shape index (κ3) is 2.93. The number of aromatic nitrogens is 1. The number of pyridine rings is 1. The largest absolute Gasteiger partial charge is 0.264 e. The summed E-state index contributed by atoms with van der Waals surface area (Å²) in [6.07, 6.45) is 3.91. The topological polar surface area (TPSA) is 12.9 Å². The van der Waals surface area contributed by atoms with Gasteiger partial charge in [0, 0.05) is 12.4 Å². The van der Waals surface area contributed by atoms with E-state index in [0.29, 0.717) is 0 Å². The fourth-order valence-electron chi connectivity index (χ4n) is 7.57. The Morgan fingerprint density at radius 2 is 1.05 bits per heavy atom. The third-order valence-corrected chi connectivity index (χ3v) is 9.21. The molecule has 0 aliphatic heterocycles. The van der Waals surface area contributed by atoms with E-state index >= 15 is 0 Å². The minimum absolute atomic E-state index is 0.456. The van der Waals surface area contributed by atoms with Crippen LogP contribution in [0.5, 0.6) is 0 Å². The molecule has 6 aromatic carbocycles. The number of nitrogens with zero attached hydrogens (tertiary/aromatic N) is 1. The molecule has 0 fully saturated rings. The fourth-order valence-corrected chi connectivity index (χ4v) is 7.57. The molecular formula is C40H25N. The highest BCUT2D eigenvalue weighted by molar-refractivity contribution is 6.18. The maximum atomic E-state index is 4.61. The third-order valence-electron chi connectivity index (χ3n) is 9.21. The van der Waals surface area contributed by atoms with Gasteiger partial charge in [-0.25, -0.2) is 0 Å². The van der Waals surface area contributed by atoms with Crippen LogP contribution in [0, 0.1) is 0 Å². The Bertz CT molecular complexity index is 2070. The molecule has 7 aromatic rings. The molecule has 1 aromatic heterocycles. The zero-order valence-corrected chi connectivity index (χ0v) is 22.4. The number of fused-ring (bicyclic) bond motifs is 6. The lowest BCUT2D eigenvalue weighted by Crippen LogP contribution is -2.28. The van der Waals surface area contributed by atoms with Crippen molar-refractivity contribution in [1.29, 1.82) is 0 Å². The predicted octanol–water partition coefficient (Wildman–Crippen LogP) is 9.91. The van der Waals surface area contributed by atoms with Crippen molar-refractivity contribution in [3.05, 3.63) is 174 Å². The summed E-state index contributed by atoms with van der Waals surface area (Å²) in [5, 5.41) is 2.66. The molecule has 1 heterocycles. The molecule has 2 aliphatic carbocycles. The van der Waals surface area contributed by atoms with Gasteiger partial charge in [-0.1, -0.05) is 127 Å². The van der Waals surface area contributed by atoms with Crippen LogP contribution in [0.2, 0.25) is 0 Å². The minimum Gasteiger partial charge on any atom is -0.264 e. The lowest BCUT2D eigenvalue weighted by molar-refractivity contribution is 0.763. The van der Waals surface area contributed by atoms with Gasteiger partial charge in [-0.2, -0.15) is 0 Å². The molecule has 1 unspecified atom stereocenters. The van der Waals surface area contributed by atoms with E-state index in [-0.39, 0.29) is 0 Å². The highest BCUT2D eigenvalue weighted by Crippen LogP contribution is 2.57. The van der Waals surface area contributed by atoms with E-state index in [1.54, 1.807) is 0 Å². The van der Waals surface area contributed by atoms with Gasteiger partial charge < -0.3 is 0 Å². The van der Waals surface area contributed by atoms with E-state index < -0.39 is 5.41 Å². The molecular weight excluding hydrogens is 494 g/mol. The Morgan fingerprint density at radius 1 is 0.415 bits per heavy atom. The van der Waals surface area contributed by atoms with Crippen LogP contribution >= 0.6 is 0 Å². The van der Waals surface area contributed by atoms with Gasteiger partial charge in [0.25, 0.3) is 0 Å². The van der Waals surface area contributed by atoms with Gasteiger partial charge in [0.15, 0.2) is 0 Å². The zero-order chi connectivity index (χ0) is 27.0. The van der Waals surface area contributed by atoms with Crippen LogP contribution in [0.1, 0.15) is 22.3 Å².